The van der Waals surface area contributed by atoms with Gasteiger partial charge in [-0.15, -0.1) is 12.4 Å². The fourth-order valence-corrected chi connectivity index (χ4v) is 1.56. The van der Waals surface area contributed by atoms with Crippen LogP contribution < -0.4 is 10.0 Å². The van der Waals surface area contributed by atoms with Crippen LogP contribution in [0.25, 0.3) is 0 Å². The molecule has 6 heteroatoms. The Labute approximate surface area is 96.5 Å². The van der Waals surface area contributed by atoms with E-state index in [1.54, 1.807) is 0 Å². The first kappa shape index (κ1) is 14.2. The maximum Gasteiger partial charge on any atom is 0.213 e. The highest BCUT2D eigenvalue weighted by Crippen LogP contribution is 2.03. The van der Waals surface area contributed by atoms with Crippen molar-refractivity contribution in [1.29, 1.82) is 0 Å². The number of halogens is 1. The molecule has 0 spiro atoms. The summed E-state index contributed by atoms with van der Waals surface area (Å²) < 4.78 is 24.3. The minimum absolute atomic E-state index is 0. The molecule has 0 atom stereocenters. The Morgan fingerprint density at radius 2 is 1.80 bits per heavy atom. The largest absolute Gasteiger partial charge is 0.384 e. The molecule has 0 aromatic heterocycles. The molecule has 0 aliphatic carbocycles. The zero-order valence-corrected chi connectivity index (χ0v) is 10.1. The molecule has 0 bridgehead atoms. The first-order valence-corrected chi connectivity index (χ1v) is 5.99. The van der Waals surface area contributed by atoms with Crippen LogP contribution in [0.3, 0.4) is 0 Å². The number of benzene rings is 1. The van der Waals surface area contributed by atoms with Crippen LogP contribution in [0.2, 0.25) is 0 Å². The summed E-state index contributed by atoms with van der Waals surface area (Å²) in [6.45, 7) is 0.410. The summed E-state index contributed by atoms with van der Waals surface area (Å²) in [6.07, 6.45) is 0. The third-order valence-corrected chi connectivity index (χ3v) is 3.15. The molecule has 1 rings (SSSR count). The van der Waals surface area contributed by atoms with Crippen LogP contribution in [0.1, 0.15) is 0 Å². The summed E-state index contributed by atoms with van der Waals surface area (Å²) in [5.41, 5.74) is 0.929. The molecule has 0 saturated heterocycles. The van der Waals surface area contributed by atoms with Gasteiger partial charge in [-0.1, -0.05) is 18.2 Å². The van der Waals surface area contributed by atoms with Crippen LogP contribution in [0.4, 0.5) is 5.69 Å². The number of sulfonamides is 1. The van der Waals surface area contributed by atoms with Gasteiger partial charge in [0.2, 0.25) is 10.0 Å². The van der Waals surface area contributed by atoms with E-state index in [4.69, 9.17) is 0 Å². The maximum atomic E-state index is 11.0. The third-order valence-electron chi connectivity index (χ3n) is 1.78. The van der Waals surface area contributed by atoms with E-state index in [9.17, 15) is 8.42 Å². The van der Waals surface area contributed by atoms with E-state index in [-0.39, 0.29) is 18.2 Å². The molecular formula is C9H15ClN2O2S. The van der Waals surface area contributed by atoms with Crippen molar-refractivity contribution in [3.63, 3.8) is 0 Å². The Morgan fingerprint density at radius 1 is 1.20 bits per heavy atom. The molecular weight excluding hydrogens is 236 g/mol. The second-order valence-corrected chi connectivity index (χ2v) is 4.86. The quantitative estimate of drug-likeness (QED) is 0.822. The summed E-state index contributed by atoms with van der Waals surface area (Å²) in [6, 6.07) is 9.50. The van der Waals surface area contributed by atoms with Crippen molar-refractivity contribution in [3.8, 4) is 0 Å². The number of hydrogen-bond acceptors (Lipinski definition) is 3. The van der Waals surface area contributed by atoms with Crippen molar-refractivity contribution in [2.75, 3.05) is 24.7 Å². The summed E-state index contributed by atoms with van der Waals surface area (Å²) in [7, 11) is -1.69. The van der Waals surface area contributed by atoms with Crippen molar-refractivity contribution < 1.29 is 8.42 Å². The number of para-hydroxylation sites is 1. The zero-order chi connectivity index (χ0) is 10.4. The van der Waals surface area contributed by atoms with Crippen LogP contribution in [0, 0.1) is 0 Å². The summed E-state index contributed by atoms with van der Waals surface area (Å²) in [4.78, 5) is 0. The summed E-state index contributed by atoms with van der Waals surface area (Å²) in [5.74, 6) is 0.0817. The molecule has 0 aliphatic rings. The van der Waals surface area contributed by atoms with E-state index >= 15 is 0 Å². The van der Waals surface area contributed by atoms with E-state index in [1.807, 2.05) is 30.3 Å². The standard InChI is InChI=1S/C9H14N2O2S.ClH/c1-10-14(12,13)8-7-11-9-5-3-2-4-6-9;/h2-6,10-11H,7-8H2,1H3;1H. The lowest BCUT2D eigenvalue weighted by Crippen LogP contribution is -2.26. The molecule has 2 N–H and O–H groups in total. The van der Waals surface area contributed by atoms with Gasteiger partial charge in [-0.3, -0.25) is 0 Å². The SMILES string of the molecule is CNS(=O)(=O)CCNc1ccccc1.Cl. The van der Waals surface area contributed by atoms with Crippen LogP contribution in [0.5, 0.6) is 0 Å². The first-order chi connectivity index (χ1) is 6.64. The Balaban J connectivity index is 0.00000196. The number of anilines is 1. The minimum Gasteiger partial charge on any atom is -0.384 e. The van der Waals surface area contributed by atoms with Crippen LogP contribution in [-0.4, -0.2) is 27.8 Å². The van der Waals surface area contributed by atoms with Gasteiger partial charge in [-0.25, -0.2) is 13.1 Å². The number of rotatable bonds is 5. The molecule has 0 radical (unpaired) electrons. The number of hydrogen-bond donors (Lipinski definition) is 2. The van der Waals surface area contributed by atoms with E-state index in [0.717, 1.165) is 5.69 Å². The predicted molar refractivity (Wildman–Crippen MR) is 65.0 cm³/mol. The highest BCUT2D eigenvalue weighted by atomic mass is 35.5. The lowest BCUT2D eigenvalue weighted by molar-refractivity contribution is 0.588. The van der Waals surface area contributed by atoms with Crippen LogP contribution in [0.15, 0.2) is 30.3 Å². The van der Waals surface area contributed by atoms with Crippen molar-refractivity contribution in [1.82, 2.24) is 4.72 Å². The van der Waals surface area contributed by atoms with Gasteiger partial charge >= 0.3 is 0 Å². The smallest absolute Gasteiger partial charge is 0.213 e. The predicted octanol–water partition coefficient (Wildman–Crippen LogP) is 1.07. The molecule has 0 fully saturated rings. The molecule has 4 nitrogen and oxygen atoms in total. The van der Waals surface area contributed by atoms with E-state index in [2.05, 4.69) is 10.0 Å². The van der Waals surface area contributed by atoms with Gasteiger partial charge in [-0.2, -0.15) is 0 Å². The van der Waals surface area contributed by atoms with Crippen LogP contribution in [-0.2, 0) is 10.0 Å². The van der Waals surface area contributed by atoms with Gasteiger partial charge in [0.25, 0.3) is 0 Å². The second kappa shape index (κ2) is 6.66. The fourth-order valence-electron chi connectivity index (χ4n) is 0.988. The summed E-state index contributed by atoms with van der Waals surface area (Å²) >= 11 is 0. The van der Waals surface area contributed by atoms with Crippen molar-refractivity contribution >= 4 is 28.1 Å². The zero-order valence-electron chi connectivity index (χ0n) is 8.43. The van der Waals surface area contributed by atoms with E-state index in [0.29, 0.717) is 6.54 Å². The minimum atomic E-state index is -3.10. The monoisotopic (exact) mass is 250 g/mol. The average Bonchev–Trinajstić information content (AvgIpc) is 2.19. The average molecular weight is 251 g/mol. The molecule has 0 saturated carbocycles. The Kier molecular flexibility index (Phi) is 6.31. The molecule has 1 aromatic carbocycles. The van der Waals surface area contributed by atoms with Crippen molar-refractivity contribution in [2.24, 2.45) is 0 Å². The maximum absolute atomic E-state index is 11.0. The van der Waals surface area contributed by atoms with Crippen molar-refractivity contribution in [3.05, 3.63) is 30.3 Å². The highest BCUT2D eigenvalue weighted by molar-refractivity contribution is 7.89. The lowest BCUT2D eigenvalue weighted by atomic mass is 10.3. The molecule has 0 aliphatic heterocycles. The van der Waals surface area contributed by atoms with Gasteiger partial charge in [0, 0.05) is 12.2 Å². The number of nitrogens with one attached hydrogen (secondary N) is 2. The van der Waals surface area contributed by atoms with Gasteiger partial charge in [0.15, 0.2) is 0 Å². The van der Waals surface area contributed by atoms with E-state index < -0.39 is 10.0 Å². The van der Waals surface area contributed by atoms with E-state index in [1.165, 1.54) is 7.05 Å². The molecule has 0 unspecified atom stereocenters. The van der Waals surface area contributed by atoms with Crippen molar-refractivity contribution in [2.45, 2.75) is 0 Å². The van der Waals surface area contributed by atoms with Gasteiger partial charge < -0.3 is 5.32 Å². The molecule has 1 aromatic rings. The summed E-state index contributed by atoms with van der Waals surface area (Å²) in [5, 5.41) is 3.02. The second-order valence-electron chi connectivity index (χ2n) is 2.82. The van der Waals surface area contributed by atoms with Gasteiger partial charge in [0.05, 0.1) is 5.75 Å². The van der Waals surface area contributed by atoms with Gasteiger partial charge in [0.1, 0.15) is 0 Å². The van der Waals surface area contributed by atoms with Gasteiger partial charge in [-0.05, 0) is 19.2 Å². The Bertz CT molecular complexity index is 367. The molecule has 0 amide bonds. The lowest BCUT2D eigenvalue weighted by Gasteiger charge is -2.05. The topological polar surface area (TPSA) is 58.2 Å². The highest BCUT2D eigenvalue weighted by Gasteiger charge is 2.04. The Morgan fingerprint density at radius 3 is 2.33 bits per heavy atom. The molecule has 15 heavy (non-hydrogen) atoms. The fraction of sp³-hybridized carbons (Fsp3) is 0.333. The Hall–Kier alpha value is -0.780. The third kappa shape index (κ3) is 5.61. The first-order valence-electron chi connectivity index (χ1n) is 4.34. The molecule has 86 valence electrons. The molecule has 0 heterocycles. The van der Waals surface area contributed by atoms with Crippen LogP contribution >= 0.6 is 12.4 Å². The normalized spacial score (nSPS) is 10.5.